The zero-order valence-electron chi connectivity index (χ0n) is 12.4. The van der Waals surface area contributed by atoms with Gasteiger partial charge in [0.1, 0.15) is 11.1 Å². The Morgan fingerprint density at radius 1 is 1.11 bits per heavy atom. The molecule has 2 amide bonds. The van der Waals surface area contributed by atoms with E-state index in [1.165, 1.54) is 0 Å². The number of carbonyl (C=O) groups is 2. The molecule has 0 atom stereocenters. The van der Waals surface area contributed by atoms with Crippen LogP contribution >= 0.6 is 0 Å². The molecular weight excluding hydrogens is 240 g/mol. The summed E-state index contributed by atoms with van der Waals surface area (Å²) in [5.74, 6) is 0.225. The van der Waals surface area contributed by atoms with Crippen molar-refractivity contribution in [3.05, 3.63) is 0 Å². The maximum absolute atomic E-state index is 12.9. The topological polar surface area (TPSA) is 49.4 Å². The number of amides is 2. The molecule has 1 aliphatic carbocycles. The third-order valence-corrected chi connectivity index (χ3v) is 5.03. The van der Waals surface area contributed by atoms with Gasteiger partial charge in [-0.15, -0.1) is 0 Å². The number of rotatable bonds is 4. The van der Waals surface area contributed by atoms with E-state index in [9.17, 15) is 9.59 Å². The fraction of sp³-hybridized carbons (Fsp3) is 0.867. The van der Waals surface area contributed by atoms with Gasteiger partial charge in [0.15, 0.2) is 0 Å². The molecule has 1 saturated heterocycles. The molecule has 0 aromatic rings. The zero-order valence-corrected chi connectivity index (χ0v) is 12.4. The van der Waals surface area contributed by atoms with Crippen LogP contribution in [0, 0.1) is 0 Å². The summed E-state index contributed by atoms with van der Waals surface area (Å²) in [6, 6.07) is 0. The predicted molar refractivity (Wildman–Crippen MR) is 74.7 cm³/mol. The summed E-state index contributed by atoms with van der Waals surface area (Å²) in [5.41, 5.74) is -1.21. The summed E-state index contributed by atoms with van der Waals surface area (Å²) in [7, 11) is 0. The van der Waals surface area contributed by atoms with Gasteiger partial charge in [-0.1, -0.05) is 33.6 Å². The van der Waals surface area contributed by atoms with Crippen molar-refractivity contribution in [2.24, 2.45) is 0 Å². The Morgan fingerprint density at radius 3 is 2.16 bits per heavy atom. The van der Waals surface area contributed by atoms with Gasteiger partial charge in [0.05, 0.1) is 0 Å². The molecule has 1 spiro atoms. The van der Waals surface area contributed by atoms with E-state index in [2.05, 4.69) is 12.2 Å². The van der Waals surface area contributed by atoms with Crippen molar-refractivity contribution in [3.8, 4) is 0 Å². The second-order valence-corrected chi connectivity index (χ2v) is 5.94. The highest BCUT2D eigenvalue weighted by molar-refractivity contribution is 6.02. The first-order chi connectivity index (χ1) is 9.06. The van der Waals surface area contributed by atoms with E-state index in [1.54, 1.807) is 0 Å². The van der Waals surface area contributed by atoms with E-state index in [4.69, 9.17) is 0 Å². The van der Waals surface area contributed by atoms with Gasteiger partial charge in [-0.2, -0.15) is 0 Å². The van der Waals surface area contributed by atoms with Crippen LogP contribution in [-0.2, 0) is 9.59 Å². The van der Waals surface area contributed by atoms with Gasteiger partial charge in [0.2, 0.25) is 11.8 Å². The van der Waals surface area contributed by atoms with E-state index in [1.807, 2.05) is 18.7 Å². The van der Waals surface area contributed by atoms with Gasteiger partial charge in [-0.3, -0.25) is 9.59 Å². The molecule has 1 N–H and O–H groups in total. The maximum atomic E-state index is 12.9. The Morgan fingerprint density at radius 2 is 1.68 bits per heavy atom. The Balaban J connectivity index is 2.40. The summed E-state index contributed by atoms with van der Waals surface area (Å²) >= 11 is 0. The summed E-state index contributed by atoms with van der Waals surface area (Å²) < 4.78 is 0. The molecule has 108 valence electrons. The van der Waals surface area contributed by atoms with Crippen LogP contribution in [0.5, 0.6) is 0 Å². The first kappa shape index (κ1) is 14.4. The quantitative estimate of drug-likeness (QED) is 0.848. The van der Waals surface area contributed by atoms with E-state index < -0.39 is 11.1 Å². The van der Waals surface area contributed by atoms with E-state index in [0.29, 0.717) is 19.4 Å². The molecule has 0 aromatic heterocycles. The monoisotopic (exact) mass is 266 g/mol. The van der Waals surface area contributed by atoms with Crippen molar-refractivity contribution in [2.45, 2.75) is 76.8 Å². The highest BCUT2D eigenvalue weighted by atomic mass is 16.2. The van der Waals surface area contributed by atoms with Crippen molar-refractivity contribution in [1.29, 1.82) is 0 Å². The third-order valence-electron chi connectivity index (χ3n) is 5.03. The molecule has 2 aliphatic rings. The van der Waals surface area contributed by atoms with Crippen LogP contribution in [0.25, 0.3) is 0 Å². The first-order valence-corrected chi connectivity index (χ1v) is 7.71. The fourth-order valence-electron chi connectivity index (χ4n) is 3.69. The lowest BCUT2D eigenvalue weighted by Crippen LogP contribution is -2.74. The molecule has 0 radical (unpaired) electrons. The molecule has 2 rings (SSSR count). The van der Waals surface area contributed by atoms with E-state index >= 15 is 0 Å². The van der Waals surface area contributed by atoms with Gasteiger partial charge in [0, 0.05) is 6.54 Å². The Bertz CT molecular complexity index is 368. The van der Waals surface area contributed by atoms with Gasteiger partial charge in [-0.25, -0.2) is 0 Å². The van der Waals surface area contributed by atoms with Crippen LogP contribution in [-0.4, -0.2) is 34.3 Å². The number of piperazine rings is 1. The molecule has 1 aliphatic heterocycles. The molecule has 2 fully saturated rings. The van der Waals surface area contributed by atoms with E-state index in [-0.39, 0.29) is 11.8 Å². The zero-order chi connectivity index (χ0) is 14.1. The number of nitrogens with one attached hydrogen (secondary N) is 1. The minimum absolute atomic E-state index is 0.0850. The Hall–Kier alpha value is -1.06. The lowest BCUT2D eigenvalue weighted by atomic mass is 9.81. The van der Waals surface area contributed by atoms with Crippen LogP contribution in [0.2, 0.25) is 0 Å². The molecule has 19 heavy (non-hydrogen) atoms. The average molecular weight is 266 g/mol. The van der Waals surface area contributed by atoms with Crippen molar-refractivity contribution in [1.82, 2.24) is 10.2 Å². The number of nitrogens with zero attached hydrogens (tertiary/aromatic N) is 1. The Kier molecular flexibility index (Phi) is 3.88. The van der Waals surface area contributed by atoms with Crippen LogP contribution in [0.4, 0.5) is 0 Å². The number of carbonyl (C=O) groups excluding carboxylic acids is 2. The van der Waals surface area contributed by atoms with Crippen LogP contribution < -0.4 is 5.32 Å². The smallest absolute Gasteiger partial charge is 0.249 e. The lowest BCUT2D eigenvalue weighted by molar-refractivity contribution is -0.163. The van der Waals surface area contributed by atoms with Crippen molar-refractivity contribution < 1.29 is 9.59 Å². The van der Waals surface area contributed by atoms with Crippen molar-refractivity contribution in [3.63, 3.8) is 0 Å². The van der Waals surface area contributed by atoms with Gasteiger partial charge in [-0.05, 0) is 32.1 Å². The largest absolute Gasteiger partial charge is 0.340 e. The number of hydrogen-bond acceptors (Lipinski definition) is 2. The van der Waals surface area contributed by atoms with Crippen molar-refractivity contribution >= 4 is 11.8 Å². The minimum atomic E-state index is -0.667. The standard InChI is InChI=1S/C15H26N2O2/c1-4-11-17-13(19)14(5-2,6-3)16-12(18)15(17)9-7-8-10-15/h4-11H2,1-3H3,(H,16,18). The highest BCUT2D eigenvalue weighted by Crippen LogP contribution is 2.41. The summed E-state index contributed by atoms with van der Waals surface area (Å²) in [4.78, 5) is 27.5. The predicted octanol–water partition coefficient (Wildman–Crippen LogP) is 2.23. The second kappa shape index (κ2) is 5.14. The summed E-state index contributed by atoms with van der Waals surface area (Å²) in [5, 5.41) is 3.07. The van der Waals surface area contributed by atoms with Crippen LogP contribution in [0.15, 0.2) is 0 Å². The summed E-state index contributed by atoms with van der Waals surface area (Å²) in [6.45, 7) is 6.74. The fourth-order valence-corrected chi connectivity index (χ4v) is 3.69. The first-order valence-electron chi connectivity index (χ1n) is 7.71. The van der Waals surface area contributed by atoms with Crippen molar-refractivity contribution in [2.75, 3.05) is 6.54 Å². The van der Waals surface area contributed by atoms with Gasteiger partial charge < -0.3 is 10.2 Å². The molecule has 0 aromatic carbocycles. The molecule has 1 heterocycles. The lowest BCUT2D eigenvalue weighted by Gasteiger charge is -2.51. The van der Waals surface area contributed by atoms with Crippen LogP contribution in [0.3, 0.4) is 0 Å². The van der Waals surface area contributed by atoms with E-state index in [0.717, 1.165) is 32.1 Å². The van der Waals surface area contributed by atoms with Crippen LogP contribution in [0.1, 0.15) is 65.7 Å². The highest BCUT2D eigenvalue weighted by Gasteiger charge is 2.57. The molecule has 0 unspecified atom stereocenters. The third kappa shape index (κ3) is 1.96. The minimum Gasteiger partial charge on any atom is -0.340 e. The number of hydrogen-bond donors (Lipinski definition) is 1. The maximum Gasteiger partial charge on any atom is 0.249 e. The molecule has 4 heteroatoms. The average Bonchev–Trinajstić information content (AvgIpc) is 2.90. The normalized spacial score (nSPS) is 24.9. The Labute approximate surface area is 115 Å². The van der Waals surface area contributed by atoms with Gasteiger partial charge in [0.25, 0.3) is 0 Å². The summed E-state index contributed by atoms with van der Waals surface area (Å²) in [6.07, 6.45) is 6.00. The molecule has 0 bridgehead atoms. The SMILES string of the molecule is CCCN1C(=O)C(CC)(CC)NC(=O)C12CCCC2. The molecule has 1 saturated carbocycles. The molecule has 4 nitrogen and oxygen atoms in total. The van der Waals surface area contributed by atoms with Gasteiger partial charge >= 0.3 is 0 Å². The second-order valence-electron chi connectivity index (χ2n) is 5.94. The molecular formula is C15H26N2O2.